The van der Waals surface area contributed by atoms with Crippen LogP contribution in [0.3, 0.4) is 0 Å². The molecule has 1 amide bonds. The van der Waals surface area contributed by atoms with Crippen molar-refractivity contribution in [3.8, 4) is 0 Å². The number of hydrogen-bond donors (Lipinski definition) is 3. The summed E-state index contributed by atoms with van der Waals surface area (Å²) in [4.78, 5) is 20.7. The highest BCUT2D eigenvalue weighted by Gasteiger charge is 2.18. The third-order valence-electron chi connectivity index (χ3n) is 2.47. The quantitative estimate of drug-likeness (QED) is 0.457. The molecule has 0 saturated carbocycles. The summed E-state index contributed by atoms with van der Waals surface area (Å²) >= 11 is 1.48. The highest BCUT2D eigenvalue weighted by atomic mass is 32.2. The van der Waals surface area contributed by atoms with Crippen LogP contribution < -0.4 is 10.8 Å². The minimum absolute atomic E-state index is 0.372. The Hall–Kier alpha value is -2.12. The number of rotatable bonds is 1. The smallest absolute Gasteiger partial charge is 0.274 e. The predicted molar refractivity (Wildman–Crippen MR) is 65.1 cm³/mol. The van der Waals surface area contributed by atoms with Crippen LogP contribution in [0.1, 0.15) is 10.4 Å². The molecule has 18 heavy (non-hydrogen) atoms. The van der Waals surface area contributed by atoms with Crippen molar-refractivity contribution >= 4 is 29.2 Å². The molecule has 1 aliphatic heterocycles. The molecular formula is C11H8N4O2S. The second-order valence-electron chi connectivity index (χ2n) is 3.59. The number of fused-ring (bicyclic) bond motifs is 2. The summed E-state index contributed by atoms with van der Waals surface area (Å²) in [6, 6.07) is 5.10. The SMILES string of the molecule is O=C(NO)c1ccc2c(c1)Nc1nccnc1S2. The van der Waals surface area contributed by atoms with Crippen LogP contribution in [-0.2, 0) is 0 Å². The first-order valence-electron chi connectivity index (χ1n) is 5.12. The maximum Gasteiger partial charge on any atom is 0.274 e. The molecule has 6 nitrogen and oxygen atoms in total. The number of nitrogens with one attached hydrogen (secondary N) is 2. The van der Waals surface area contributed by atoms with Gasteiger partial charge in [-0.05, 0) is 18.2 Å². The highest BCUT2D eigenvalue weighted by molar-refractivity contribution is 7.99. The van der Waals surface area contributed by atoms with Crippen LogP contribution in [-0.4, -0.2) is 21.1 Å². The van der Waals surface area contributed by atoms with E-state index < -0.39 is 5.91 Å². The number of aromatic nitrogens is 2. The number of carbonyl (C=O) groups is 1. The lowest BCUT2D eigenvalue weighted by molar-refractivity contribution is 0.0706. The summed E-state index contributed by atoms with van der Waals surface area (Å²) in [5, 5.41) is 12.5. The van der Waals surface area contributed by atoms with Crippen molar-refractivity contribution in [2.75, 3.05) is 5.32 Å². The van der Waals surface area contributed by atoms with E-state index in [1.54, 1.807) is 36.1 Å². The summed E-state index contributed by atoms with van der Waals surface area (Å²) in [5.41, 5.74) is 2.75. The van der Waals surface area contributed by atoms with Crippen molar-refractivity contribution in [1.29, 1.82) is 0 Å². The van der Waals surface area contributed by atoms with Crippen LogP contribution >= 0.6 is 11.8 Å². The van der Waals surface area contributed by atoms with Crippen LogP contribution in [0.5, 0.6) is 0 Å². The Morgan fingerprint density at radius 3 is 3.00 bits per heavy atom. The van der Waals surface area contributed by atoms with E-state index in [-0.39, 0.29) is 0 Å². The molecule has 3 rings (SSSR count). The van der Waals surface area contributed by atoms with Gasteiger partial charge in [0.1, 0.15) is 5.03 Å². The molecule has 0 fully saturated rings. The number of hydroxylamine groups is 1. The normalized spacial score (nSPS) is 12.1. The maximum absolute atomic E-state index is 11.3. The Bertz CT molecular complexity index is 632. The molecule has 1 aromatic carbocycles. The summed E-state index contributed by atoms with van der Waals surface area (Å²) in [7, 11) is 0. The van der Waals surface area contributed by atoms with Crippen molar-refractivity contribution in [1.82, 2.24) is 15.4 Å². The van der Waals surface area contributed by atoms with Gasteiger partial charge in [0.15, 0.2) is 5.82 Å². The van der Waals surface area contributed by atoms with Crippen LogP contribution in [0.15, 0.2) is 40.5 Å². The zero-order chi connectivity index (χ0) is 12.5. The van der Waals surface area contributed by atoms with Gasteiger partial charge in [0.05, 0.1) is 5.69 Å². The van der Waals surface area contributed by atoms with Crippen molar-refractivity contribution in [3.05, 3.63) is 36.2 Å². The van der Waals surface area contributed by atoms with Gasteiger partial charge >= 0.3 is 0 Å². The third-order valence-corrected chi connectivity index (χ3v) is 3.54. The monoisotopic (exact) mass is 260 g/mol. The summed E-state index contributed by atoms with van der Waals surface area (Å²) in [6.07, 6.45) is 3.23. The molecular weight excluding hydrogens is 252 g/mol. The Balaban J connectivity index is 2.01. The lowest BCUT2D eigenvalue weighted by Crippen LogP contribution is -2.18. The fourth-order valence-corrected chi connectivity index (χ4v) is 2.52. The van der Waals surface area contributed by atoms with Crippen molar-refractivity contribution in [2.45, 2.75) is 9.92 Å². The van der Waals surface area contributed by atoms with Gasteiger partial charge in [0.25, 0.3) is 5.91 Å². The molecule has 1 aliphatic rings. The van der Waals surface area contributed by atoms with E-state index in [4.69, 9.17) is 5.21 Å². The zero-order valence-corrected chi connectivity index (χ0v) is 9.86. The first kappa shape index (κ1) is 11.0. The molecule has 0 bridgehead atoms. The fraction of sp³-hybridized carbons (Fsp3) is 0. The van der Waals surface area contributed by atoms with Crippen molar-refractivity contribution in [3.63, 3.8) is 0 Å². The number of hydrogen-bond acceptors (Lipinski definition) is 6. The lowest BCUT2D eigenvalue weighted by Gasteiger charge is -2.18. The Morgan fingerprint density at radius 2 is 2.17 bits per heavy atom. The number of anilines is 2. The number of nitrogens with zero attached hydrogens (tertiary/aromatic N) is 2. The molecule has 7 heteroatoms. The van der Waals surface area contributed by atoms with Crippen LogP contribution in [0.4, 0.5) is 11.5 Å². The fourth-order valence-electron chi connectivity index (χ4n) is 1.64. The van der Waals surface area contributed by atoms with E-state index >= 15 is 0 Å². The van der Waals surface area contributed by atoms with Crippen molar-refractivity contribution in [2.24, 2.45) is 0 Å². The van der Waals surface area contributed by atoms with Crippen molar-refractivity contribution < 1.29 is 10.0 Å². The van der Waals surface area contributed by atoms with Gasteiger partial charge in [-0.3, -0.25) is 10.0 Å². The van der Waals surface area contributed by atoms with E-state index in [2.05, 4.69) is 15.3 Å². The highest BCUT2D eigenvalue weighted by Crippen LogP contribution is 2.41. The first-order valence-corrected chi connectivity index (χ1v) is 5.94. The van der Waals surface area contributed by atoms with E-state index in [1.165, 1.54) is 11.8 Å². The second kappa shape index (κ2) is 4.28. The second-order valence-corrected chi connectivity index (χ2v) is 4.62. The molecule has 3 N–H and O–H groups in total. The minimum atomic E-state index is -0.547. The summed E-state index contributed by atoms with van der Waals surface area (Å²) < 4.78 is 0. The molecule has 0 atom stereocenters. The topological polar surface area (TPSA) is 87.1 Å². The van der Waals surface area contributed by atoms with Crippen LogP contribution in [0.2, 0.25) is 0 Å². The van der Waals surface area contributed by atoms with E-state index in [1.807, 2.05) is 0 Å². The molecule has 90 valence electrons. The first-order chi connectivity index (χ1) is 8.78. The van der Waals surface area contributed by atoms with Gasteiger partial charge in [-0.1, -0.05) is 11.8 Å². The average Bonchev–Trinajstić information content (AvgIpc) is 2.43. The minimum Gasteiger partial charge on any atom is -0.337 e. The summed E-state index contributed by atoms with van der Waals surface area (Å²) in [6.45, 7) is 0. The Kier molecular flexibility index (Phi) is 2.62. The zero-order valence-electron chi connectivity index (χ0n) is 9.04. The van der Waals surface area contributed by atoms with E-state index in [0.29, 0.717) is 11.4 Å². The maximum atomic E-state index is 11.3. The lowest BCUT2D eigenvalue weighted by atomic mass is 10.2. The standard InChI is InChI=1S/C11H8N4O2S/c16-10(15-17)6-1-2-8-7(5-6)14-9-11(18-8)13-4-3-12-9/h1-5,17H,(H,12,14)(H,15,16). The number of carbonyl (C=O) groups excluding carboxylic acids is 1. The third kappa shape index (κ3) is 1.79. The number of benzene rings is 1. The van der Waals surface area contributed by atoms with Gasteiger partial charge < -0.3 is 5.32 Å². The van der Waals surface area contributed by atoms with Crippen LogP contribution in [0.25, 0.3) is 0 Å². The Labute approximate surface area is 106 Å². The molecule has 0 saturated heterocycles. The van der Waals surface area contributed by atoms with E-state index in [0.717, 1.165) is 15.6 Å². The van der Waals surface area contributed by atoms with Gasteiger partial charge in [0, 0.05) is 22.9 Å². The summed E-state index contributed by atoms with van der Waals surface area (Å²) in [5.74, 6) is 0.117. The average molecular weight is 260 g/mol. The number of amides is 1. The molecule has 2 heterocycles. The van der Waals surface area contributed by atoms with Crippen LogP contribution in [0, 0.1) is 0 Å². The van der Waals surface area contributed by atoms with E-state index in [9.17, 15) is 4.79 Å². The molecule has 0 spiro atoms. The Morgan fingerprint density at radius 1 is 1.33 bits per heavy atom. The largest absolute Gasteiger partial charge is 0.337 e. The molecule has 0 radical (unpaired) electrons. The molecule has 0 aliphatic carbocycles. The predicted octanol–water partition coefficient (Wildman–Crippen LogP) is 1.80. The van der Waals surface area contributed by atoms with Gasteiger partial charge in [-0.15, -0.1) is 0 Å². The van der Waals surface area contributed by atoms with Gasteiger partial charge in [-0.25, -0.2) is 15.4 Å². The van der Waals surface area contributed by atoms with Gasteiger partial charge in [0.2, 0.25) is 0 Å². The molecule has 1 aromatic heterocycles. The molecule has 2 aromatic rings. The molecule has 0 unspecified atom stereocenters. The van der Waals surface area contributed by atoms with Gasteiger partial charge in [-0.2, -0.15) is 0 Å².